The van der Waals surface area contributed by atoms with E-state index in [2.05, 4.69) is 5.32 Å². The van der Waals surface area contributed by atoms with E-state index in [1.165, 1.54) is 23.8 Å². The second kappa shape index (κ2) is 6.30. The van der Waals surface area contributed by atoms with Gasteiger partial charge >= 0.3 is 5.97 Å². The van der Waals surface area contributed by atoms with Crippen molar-refractivity contribution in [2.75, 3.05) is 0 Å². The summed E-state index contributed by atoms with van der Waals surface area (Å²) in [5, 5.41) is 12.0. The lowest BCUT2D eigenvalue weighted by molar-refractivity contribution is 0.0696. The molecular formula is C16H16FNO2. The van der Waals surface area contributed by atoms with E-state index >= 15 is 0 Å². The lowest BCUT2D eigenvalue weighted by Gasteiger charge is -2.09. The lowest BCUT2D eigenvalue weighted by atomic mass is 10.1. The second-order valence-electron chi connectivity index (χ2n) is 4.64. The predicted molar refractivity (Wildman–Crippen MR) is 75.1 cm³/mol. The summed E-state index contributed by atoms with van der Waals surface area (Å²) in [6.07, 6.45) is 0. The molecular weight excluding hydrogens is 257 g/mol. The molecule has 2 aromatic rings. The van der Waals surface area contributed by atoms with Crippen molar-refractivity contribution in [2.24, 2.45) is 0 Å². The van der Waals surface area contributed by atoms with Crippen molar-refractivity contribution in [1.29, 1.82) is 0 Å². The van der Waals surface area contributed by atoms with Gasteiger partial charge in [0.05, 0.1) is 5.56 Å². The number of nitrogens with one attached hydrogen (secondary N) is 1. The van der Waals surface area contributed by atoms with E-state index in [4.69, 9.17) is 5.11 Å². The van der Waals surface area contributed by atoms with Crippen molar-refractivity contribution in [2.45, 2.75) is 20.0 Å². The maximum Gasteiger partial charge on any atom is 0.335 e. The summed E-state index contributed by atoms with van der Waals surface area (Å²) in [5.74, 6) is -1.45. The van der Waals surface area contributed by atoms with Crippen LogP contribution in [-0.4, -0.2) is 11.1 Å². The number of hydrogen-bond donors (Lipinski definition) is 2. The Bertz CT molecular complexity index is 626. The number of carboxylic acids is 1. The van der Waals surface area contributed by atoms with E-state index < -0.39 is 11.8 Å². The Balaban J connectivity index is 2.02. The van der Waals surface area contributed by atoms with E-state index in [0.717, 1.165) is 5.56 Å². The first kappa shape index (κ1) is 14.2. The van der Waals surface area contributed by atoms with Gasteiger partial charge in [0, 0.05) is 18.7 Å². The molecule has 20 heavy (non-hydrogen) atoms. The maximum atomic E-state index is 13.6. The van der Waals surface area contributed by atoms with Gasteiger partial charge in [0.25, 0.3) is 0 Å². The van der Waals surface area contributed by atoms with Crippen LogP contribution in [0, 0.1) is 12.7 Å². The third-order valence-corrected chi connectivity index (χ3v) is 3.18. The predicted octanol–water partition coefficient (Wildman–Crippen LogP) is 3.12. The fourth-order valence-corrected chi connectivity index (χ4v) is 1.98. The number of carbonyl (C=O) groups is 1. The molecule has 0 heterocycles. The average molecular weight is 273 g/mol. The number of aromatic carboxylic acids is 1. The minimum atomic E-state index is -1.05. The molecule has 0 aliphatic heterocycles. The van der Waals surface area contributed by atoms with Crippen LogP contribution in [-0.2, 0) is 13.1 Å². The quantitative estimate of drug-likeness (QED) is 0.880. The monoisotopic (exact) mass is 273 g/mol. The number of aryl methyl sites for hydroxylation is 1. The van der Waals surface area contributed by atoms with Crippen LogP contribution in [0.2, 0.25) is 0 Å². The first-order valence-electron chi connectivity index (χ1n) is 6.35. The molecule has 2 aromatic carbocycles. The van der Waals surface area contributed by atoms with E-state index in [9.17, 15) is 9.18 Å². The van der Waals surface area contributed by atoms with Gasteiger partial charge in [-0.2, -0.15) is 0 Å². The minimum Gasteiger partial charge on any atom is -0.478 e. The molecule has 0 unspecified atom stereocenters. The molecule has 3 nitrogen and oxygen atoms in total. The Labute approximate surface area is 117 Å². The average Bonchev–Trinajstić information content (AvgIpc) is 2.42. The number of halogens is 1. The van der Waals surface area contributed by atoms with Crippen molar-refractivity contribution in [3.63, 3.8) is 0 Å². The van der Waals surface area contributed by atoms with Crippen molar-refractivity contribution in [1.82, 2.24) is 5.32 Å². The molecule has 0 aliphatic rings. The molecule has 0 radical (unpaired) electrons. The highest BCUT2D eigenvalue weighted by molar-refractivity contribution is 5.87. The summed E-state index contributed by atoms with van der Waals surface area (Å²) in [5.41, 5.74) is 2.76. The molecule has 0 atom stereocenters. The van der Waals surface area contributed by atoms with Crippen LogP contribution >= 0.6 is 0 Å². The molecule has 4 heteroatoms. The summed E-state index contributed by atoms with van der Waals surface area (Å²) >= 11 is 0. The summed E-state index contributed by atoms with van der Waals surface area (Å²) in [4.78, 5) is 10.9. The Morgan fingerprint density at radius 1 is 1.15 bits per heavy atom. The third kappa shape index (κ3) is 3.42. The Morgan fingerprint density at radius 2 is 1.85 bits per heavy atom. The zero-order valence-corrected chi connectivity index (χ0v) is 11.2. The van der Waals surface area contributed by atoms with Crippen LogP contribution in [0.5, 0.6) is 0 Å². The fraction of sp³-hybridized carbons (Fsp3) is 0.188. The Kier molecular flexibility index (Phi) is 4.48. The molecule has 2 rings (SSSR count). The lowest BCUT2D eigenvalue weighted by Crippen LogP contribution is -2.15. The van der Waals surface area contributed by atoms with Gasteiger partial charge in [-0.05, 0) is 36.2 Å². The first-order valence-corrected chi connectivity index (χ1v) is 6.35. The van der Waals surface area contributed by atoms with Crippen LogP contribution < -0.4 is 5.32 Å². The van der Waals surface area contributed by atoms with Gasteiger partial charge < -0.3 is 10.4 Å². The maximum absolute atomic E-state index is 13.6. The van der Waals surface area contributed by atoms with Gasteiger partial charge in [-0.3, -0.25) is 0 Å². The van der Waals surface area contributed by atoms with Gasteiger partial charge in [-0.1, -0.05) is 24.3 Å². The van der Waals surface area contributed by atoms with Gasteiger partial charge in [-0.15, -0.1) is 0 Å². The highest BCUT2D eigenvalue weighted by Crippen LogP contribution is 2.12. The Hall–Kier alpha value is -2.20. The Morgan fingerprint density at radius 3 is 2.55 bits per heavy atom. The van der Waals surface area contributed by atoms with E-state index in [-0.39, 0.29) is 5.56 Å². The van der Waals surface area contributed by atoms with Crippen molar-refractivity contribution >= 4 is 5.97 Å². The molecule has 0 saturated heterocycles. The van der Waals surface area contributed by atoms with Gasteiger partial charge in [0.1, 0.15) is 5.82 Å². The molecule has 104 valence electrons. The smallest absolute Gasteiger partial charge is 0.335 e. The van der Waals surface area contributed by atoms with Crippen LogP contribution in [0.25, 0.3) is 0 Å². The summed E-state index contributed by atoms with van der Waals surface area (Å²) in [7, 11) is 0. The molecule has 2 N–H and O–H groups in total. The van der Waals surface area contributed by atoms with E-state index in [0.29, 0.717) is 18.7 Å². The molecule has 0 aliphatic carbocycles. The van der Waals surface area contributed by atoms with E-state index in [1.54, 1.807) is 0 Å². The standard InChI is InChI=1S/C16H16FNO2/c1-11-4-2-3-5-13(11)9-18-10-14-8-12(16(19)20)6-7-15(14)17/h2-8,18H,9-10H2,1H3,(H,19,20). The van der Waals surface area contributed by atoms with E-state index in [1.807, 2.05) is 31.2 Å². The topological polar surface area (TPSA) is 49.3 Å². The SMILES string of the molecule is Cc1ccccc1CNCc1cc(C(=O)O)ccc1F. The highest BCUT2D eigenvalue weighted by atomic mass is 19.1. The number of hydrogen-bond acceptors (Lipinski definition) is 2. The molecule has 0 bridgehead atoms. The van der Waals surface area contributed by atoms with Crippen molar-refractivity contribution in [3.8, 4) is 0 Å². The number of benzene rings is 2. The zero-order valence-electron chi connectivity index (χ0n) is 11.2. The molecule has 0 amide bonds. The number of rotatable bonds is 5. The van der Waals surface area contributed by atoms with Crippen LogP contribution in [0.1, 0.15) is 27.0 Å². The minimum absolute atomic E-state index is 0.0964. The van der Waals surface area contributed by atoms with Crippen molar-refractivity contribution in [3.05, 3.63) is 70.5 Å². The largest absolute Gasteiger partial charge is 0.478 e. The van der Waals surface area contributed by atoms with Crippen LogP contribution in [0.15, 0.2) is 42.5 Å². The van der Waals surface area contributed by atoms with Gasteiger partial charge in [0.15, 0.2) is 0 Å². The summed E-state index contributed by atoms with van der Waals surface area (Å²) in [6.45, 7) is 2.92. The zero-order chi connectivity index (χ0) is 14.5. The molecule has 0 saturated carbocycles. The number of carboxylic acid groups (broad SMARTS) is 1. The third-order valence-electron chi connectivity index (χ3n) is 3.18. The van der Waals surface area contributed by atoms with Gasteiger partial charge in [0.2, 0.25) is 0 Å². The summed E-state index contributed by atoms with van der Waals surface area (Å²) < 4.78 is 13.6. The fourth-order valence-electron chi connectivity index (χ4n) is 1.98. The first-order chi connectivity index (χ1) is 9.58. The van der Waals surface area contributed by atoms with Crippen molar-refractivity contribution < 1.29 is 14.3 Å². The summed E-state index contributed by atoms with van der Waals surface area (Å²) in [6, 6.07) is 11.8. The second-order valence-corrected chi connectivity index (χ2v) is 4.64. The molecule has 0 spiro atoms. The molecule has 0 fully saturated rings. The molecule has 0 aromatic heterocycles. The van der Waals surface area contributed by atoms with Gasteiger partial charge in [-0.25, -0.2) is 9.18 Å². The van der Waals surface area contributed by atoms with Crippen LogP contribution in [0.4, 0.5) is 4.39 Å². The van der Waals surface area contributed by atoms with Crippen LogP contribution in [0.3, 0.4) is 0 Å². The highest BCUT2D eigenvalue weighted by Gasteiger charge is 2.08. The normalized spacial score (nSPS) is 10.5.